The lowest BCUT2D eigenvalue weighted by atomic mass is 9.92. The van der Waals surface area contributed by atoms with Gasteiger partial charge in [0.2, 0.25) is 0 Å². The van der Waals surface area contributed by atoms with E-state index in [0.29, 0.717) is 23.9 Å². The Morgan fingerprint density at radius 3 is 2.84 bits per heavy atom. The molecular formula is C14H17BrFNO2. The predicted molar refractivity (Wildman–Crippen MR) is 74.4 cm³/mol. The summed E-state index contributed by atoms with van der Waals surface area (Å²) in [5.74, 6) is -1.08. The van der Waals surface area contributed by atoms with Gasteiger partial charge in [-0.1, -0.05) is 22.9 Å². The highest BCUT2D eigenvalue weighted by Crippen LogP contribution is 2.34. The van der Waals surface area contributed by atoms with E-state index in [1.54, 1.807) is 0 Å². The van der Waals surface area contributed by atoms with Crippen molar-refractivity contribution in [3.8, 4) is 0 Å². The molecule has 1 aliphatic rings. The molecular weight excluding hydrogens is 313 g/mol. The number of carboxylic acids is 1. The van der Waals surface area contributed by atoms with E-state index in [4.69, 9.17) is 0 Å². The number of aliphatic carboxylic acids is 1. The Hall–Kier alpha value is -0.940. The van der Waals surface area contributed by atoms with Gasteiger partial charge in [-0.3, -0.25) is 9.69 Å². The highest BCUT2D eigenvalue weighted by Gasteiger charge is 2.45. The molecule has 1 fully saturated rings. The van der Waals surface area contributed by atoms with E-state index in [9.17, 15) is 14.3 Å². The van der Waals surface area contributed by atoms with Crippen LogP contribution in [-0.4, -0.2) is 28.1 Å². The summed E-state index contributed by atoms with van der Waals surface area (Å²) in [7, 11) is 0. The van der Waals surface area contributed by atoms with E-state index in [-0.39, 0.29) is 5.82 Å². The van der Waals surface area contributed by atoms with Gasteiger partial charge in [0.25, 0.3) is 0 Å². The number of carboxylic acid groups (broad SMARTS) is 1. The molecule has 1 N–H and O–H groups in total. The first-order chi connectivity index (χ1) is 8.98. The predicted octanol–water partition coefficient (Wildman–Crippen LogP) is 3.42. The van der Waals surface area contributed by atoms with Crippen molar-refractivity contribution in [2.24, 2.45) is 0 Å². The van der Waals surface area contributed by atoms with Crippen LogP contribution in [-0.2, 0) is 11.3 Å². The van der Waals surface area contributed by atoms with Crippen molar-refractivity contribution in [3.63, 3.8) is 0 Å². The monoisotopic (exact) mass is 329 g/mol. The lowest BCUT2D eigenvalue weighted by Gasteiger charge is -2.34. The van der Waals surface area contributed by atoms with E-state index in [1.165, 1.54) is 12.1 Å². The van der Waals surface area contributed by atoms with Gasteiger partial charge in [-0.25, -0.2) is 4.39 Å². The van der Waals surface area contributed by atoms with Crippen molar-refractivity contribution in [3.05, 3.63) is 34.1 Å². The molecule has 0 radical (unpaired) electrons. The fraction of sp³-hybridized carbons (Fsp3) is 0.500. The summed E-state index contributed by atoms with van der Waals surface area (Å²) in [6.45, 7) is 3.11. The molecule has 1 aromatic carbocycles. The van der Waals surface area contributed by atoms with E-state index in [2.05, 4.69) is 15.9 Å². The van der Waals surface area contributed by atoms with Gasteiger partial charge in [0, 0.05) is 11.0 Å². The topological polar surface area (TPSA) is 40.5 Å². The Labute approximate surface area is 120 Å². The second-order valence-electron chi connectivity index (χ2n) is 4.99. The molecule has 3 nitrogen and oxygen atoms in total. The van der Waals surface area contributed by atoms with Crippen LogP contribution in [0.15, 0.2) is 22.7 Å². The maximum atomic E-state index is 13.4. The van der Waals surface area contributed by atoms with Crippen LogP contribution in [0.4, 0.5) is 4.39 Å². The molecule has 0 aliphatic carbocycles. The van der Waals surface area contributed by atoms with Gasteiger partial charge in [-0.05, 0) is 49.6 Å². The van der Waals surface area contributed by atoms with Gasteiger partial charge in [0.1, 0.15) is 11.4 Å². The van der Waals surface area contributed by atoms with Crippen LogP contribution in [0.1, 0.15) is 31.7 Å². The van der Waals surface area contributed by atoms with Gasteiger partial charge in [-0.15, -0.1) is 0 Å². The van der Waals surface area contributed by atoms with Crippen LogP contribution in [0.2, 0.25) is 0 Å². The lowest BCUT2D eigenvalue weighted by Crippen LogP contribution is -2.49. The number of carbonyl (C=O) groups is 1. The second-order valence-corrected chi connectivity index (χ2v) is 5.91. The first-order valence-corrected chi connectivity index (χ1v) is 7.20. The normalized spacial score (nSPS) is 23.7. The number of rotatable bonds is 4. The highest BCUT2D eigenvalue weighted by molar-refractivity contribution is 9.10. The third kappa shape index (κ3) is 2.82. The molecule has 0 bridgehead atoms. The standard InChI is InChI=1S/C14H17BrFNO2/c1-2-14(13(18)19)4-3-5-17(14)9-10-6-11(15)8-12(16)7-10/h6-8H,2-5,9H2,1H3,(H,18,19). The minimum Gasteiger partial charge on any atom is -0.480 e. The Morgan fingerprint density at radius 2 is 2.26 bits per heavy atom. The van der Waals surface area contributed by atoms with Crippen molar-refractivity contribution in [1.82, 2.24) is 4.90 Å². The molecule has 1 aromatic rings. The van der Waals surface area contributed by atoms with E-state index >= 15 is 0 Å². The molecule has 1 heterocycles. The van der Waals surface area contributed by atoms with Crippen molar-refractivity contribution in [1.29, 1.82) is 0 Å². The van der Waals surface area contributed by atoms with Crippen molar-refractivity contribution >= 4 is 21.9 Å². The third-order valence-corrected chi connectivity index (χ3v) is 4.36. The average Bonchev–Trinajstić information content (AvgIpc) is 2.71. The number of halogens is 2. The molecule has 5 heteroatoms. The first kappa shape index (κ1) is 14.5. The molecule has 0 amide bonds. The van der Waals surface area contributed by atoms with Crippen LogP contribution in [0.5, 0.6) is 0 Å². The quantitative estimate of drug-likeness (QED) is 0.920. The molecule has 1 saturated heterocycles. The van der Waals surface area contributed by atoms with Crippen LogP contribution in [0.25, 0.3) is 0 Å². The SMILES string of the molecule is CCC1(C(=O)O)CCCN1Cc1cc(F)cc(Br)c1. The number of likely N-dealkylation sites (tertiary alicyclic amines) is 1. The highest BCUT2D eigenvalue weighted by atomic mass is 79.9. The molecule has 2 rings (SSSR count). The summed E-state index contributed by atoms with van der Waals surface area (Å²) >= 11 is 3.26. The average molecular weight is 330 g/mol. The smallest absolute Gasteiger partial charge is 0.324 e. The van der Waals surface area contributed by atoms with Crippen molar-refractivity contribution in [2.45, 2.75) is 38.3 Å². The Bertz CT molecular complexity index is 474. The second kappa shape index (κ2) is 5.59. The number of hydrogen-bond donors (Lipinski definition) is 1. The molecule has 0 saturated carbocycles. The maximum absolute atomic E-state index is 13.4. The first-order valence-electron chi connectivity index (χ1n) is 6.41. The minimum atomic E-state index is -0.793. The Balaban J connectivity index is 2.24. The molecule has 1 atom stereocenters. The van der Waals surface area contributed by atoms with Crippen molar-refractivity contribution in [2.75, 3.05) is 6.54 Å². The fourth-order valence-corrected chi connectivity index (χ4v) is 3.39. The van der Waals surface area contributed by atoms with E-state index in [0.717, 1.165) is 18.5 Å². The molecule has 104 valence electrons. The summed E-state index contributed by atoms with van der Waals surface area (Å²) < 4.78 is 14.0. The zero-order valence-electron chi connectivity index (χ0n) is 10.8. The number of benzene rings is 1. The fourth-order valence-electron chi connectivity index (χ4n) is 2.88. The summed E-state index contributed by atoms with van der Waals surface area (Å²) in [4.78, 5) is 13.5. The molecule has 1 unspecified atom stereocenters. The zero-order valence-corrected chi connectivity index (χ0v) is 12.4. The van der Waals surface area contributed by atoms with Gasteiger partial charge in [-0.2, -0.15) is 0 Å². The van der Waals surface area contributed by atoms with Gasteiger partial charge in [0.05, 0.1) is 0 Å². The van der Waals surface area contributed by atoms with Crippen LogP contribution in [0.3, 0.4) is 0 Å². The van der Waals surface area contributed by atoms with Crippen LogP contribution < -0.4 is 0 Å². The minimum absolute atomic E-state index is 0.305. The Morgan fingerprint density at radius 1 is 1.53 bits per heavy atom. The van der Waals surface area contributed by atoms with Crippen LogP contribution >= 0.6 is 15.9 Å². The van der Waals surface area contributed by atoms with Gasteiger partial charge < -0.3 is 5.11 Å². The molecule has 0 aromatic heterocycles. The summed E-state index contributed by atoms with van der Waals surface area (Å²) in [5, 5.41) is 9.50. The zero-order chi connectivity index (χ0) is 14.0. The number of hydrogen-bond acceptors (Lipinski definition) is 2. The molecule has 1 aliphatic heterocycles. The van der Waals surface area contributed by atoms with Crippen molar-refractivity contribution < 1.29 is 14.3 Å². The van der Waals surface area contributed by atoms with Gasteiger partial charge >= 0.3 is 5.97 Å². The molecule has 0 spiro atoms. The Kier molecular flexibility index (Phi) is 4.26. The van der Waals surface area contributed by atoms with Gasteiger partial charge in [0.15, 0.2) is 0 Å². The lowest BCUT2D eigenvalue weighted by molar-refractivity contribution is -0.150. The summed E-state index contributed by atoms with van der Waals surface area (Å²) in [5.41, 5.74) is 0.00607. The maximum Gasteiger partial charge on any atom is 0.324 e. The largest absolute Gasteiger partial charge is 0.480 e. The third-order valence-electron chi connectivity index (χ3n) is 3.90. The van der Waals surface area contributed by atoms with E-state index in [1.807, 2.05) is 17.9 Å². The molecule has 19 heavy (non-hydrogen) atoms. The van der Waals surface area contributed by atoms with Crippen LogP contribution in [0, 0.1) is 5.82 Å². The summed E-state index contributed by atoms with van der Waals surface area (Å²) in [6.07, 6.45) is 2.10. The summed E-state index contributed by atoms with van der Waals surface area (Å²) in [6, 6.07) is 4.70. The van der Waals surface area contributed by atoms with E-state index < -0.39 is 11.5 Å². The number of nitrogens with zero attached hydrogens (tertiary/aromatic N) is 1.